The monoisotopic (exact) mass is 518 g/mol. The second kappa shape index (κ2) is 9.19. The van der Waals surface area contributed by atoms with Crippen molar-refractivity contribution >= 4 is 29.5 Å². The van der Waals surface area contributed by atoms with E-state index in [4.69, 9.17) is 4.74 Å². The van der Waals surface area contributed by atoms with Gasteiger partial charge in [-0.2, -0.15) is 0 Å². The van der Waals surface area contributed by atoms with Gasteiger partial charge in [0.15, 0.2) is 0 Å². The van der Waals surface area contributed by atoms with Gasteiger partial charge in [-0.05, 0) is 45.4 Å². The minimum absolute atomic E-state index is 0.00215. The van der Waals surface area contributed by atoms with Crippen molar-refractivity contribution < 1.29 is 24.2 Å². The number of fused-ring (bicyclic) bond motifs is 2. The normalized spacial score (nSPS) is 35.6. The highest BCUT2D eigenvalue weighted by Crippen LogP contribution is 2.65. The minimum atomic E-state index is -0.920. The number of ether oxygens (including phenoxy) is 1. The molecule has 0 radical (unpaired) electrons. The van der Waals surface area contributed by atoms with Crippen LogP contribution in [0.1, 0.15) is 67.7 Å². The van der Waals surface area contributed by atoms with E-state index in [1.165, 1.54) is 0 Å². The molecule has 200 valence electrons. The third kappa shape index (κ3) is 4.22. The van der Waals surface area contributed by atoms with E-state index >= 15 is 0 Å². The molecule has 36 heavy (non-hydrogen) atoms. The van der Waals surface area contributed by atoms with Gasteiger partial charge >= 0.3 is 5.97 Å². The van der Waals surface area contributed by atoms with E-state index in [0.717, 1.165) is 6.42 Å². The maximum absolute atomic E-state index is 14.6. The smallest absolute Gasteiger partial charge is 0.311 e. The topological polar surface area (TPSA) is 87.2 Å². The van der Waals surface area contributed by atoms with E-state index in [0.29, 0.717) is 19.4 Å². The zero-order valence-electron chi connectivity index (χ0n) is 22.7. The molecule has 4 aliphatic rings. The van der Waals surface area contributed by atoms with Crippen LogP contribution in [0.2, 0.25) is 0 Å². The van der Waals surface area contributed by atoms with Crippen LogP contribution in [0.5, 0.6) is 0 Å². The number of aliphatic hydroxyl groups is 1. The molecule has 7 nitrogen and oxygen atoms in total. The Labute approximate surface area is 219 Å². The highest BCUT2D eigenvalue weighted by atomic mass is 32.2. The summed E-state index contributed by atoms with van der Waals surface area (Å²) in [5, 5.41) is 10.3. The van der Waals surface area contributed by atoms with Gasteiger partial charge in [0.2, 0.25) is 11.8 Å². The van der Waals surface area contributed by atoms with E-state index in [1.807, 2.05) is 43.1 Å². The molecule has 1 spiro atoms. The summed E-state index contributed by atoms with van der Waals surface area (Å²) in [5.74, 6) is -2.17. The van der Waals surface area contributed by atoms with Gasteiger partial charge in [0, 0.05) is 16.8 Å². The van der Waals surface area contributed by atoms with Crippen molar-refractivity contribution in [1.82, 2.24) is 9.80 Å². The lowest BCUT2D eigenvalue weighted by atomic mass is 9.74. The number of likely N-dealkylation sites (tertiary alicyclic amines) is 1. The number of cyclic esters (lactones) is 1. The van der Waals surface area contributed by atoms with Crippen molar-refractivity contribution in [2.75, 3.05) is 19.8 Å². The fraction of sp³-hybridized carbons (Fsp3) is 0.750. The van der Waals surface area contributed by atoms with Crippen molar-refractivity contribution in [3.8, 4) is 0 Å². The summed E-state index contributed by atoms with van der Waals surface area (Å²) in [6.07, 6.45) is 10.0. The third-order valence-electron chi connectivity index (χ3n) is 8.23. The molecular weight excluding hydrogens is 476 g/mol. The number of hydrogen-bond donors (Lipinski definition) is 1. The molecule has 1 N–H and O–H groups in total. The first kappa shape index (κ1) is 27.2. The largest absolute Gasteiger partial charge is 0.465 e. The Morgan fingerprint density at radius 1 is 1.11 bits per heavy atom. The van der Waals surface area contributed by atoms with Gasteiger partial charge < -0.3 is 19.6 Å². The molecule has 1 unspecified atom stereocenters. The third-order valence-corrected chi connectivity index (χ3v) is 10.0. The number of nitrogens with zero attached hydrogens (tertiary/aromatic N) is 2. The van der Waals surface area contributed by atoms with E-state index in [-0.39, 0.29) is 36.4 Å². The van der Waals surface area contributed by atoms with Gasteiger partial charge in [0.05, 0.1) is 35.8 Å². The number of hydrogen-bond acceptors (Lipinski definition) is 6. The SMILES string of the molecule is CC[C@@H](CO)N1C(=O)[C@@H]2[C@H]3C(=O)OCCC=C[C@@]3(C)S[C@@]23C=CCN(C(C)(C)CC(C)(C)C)C(=O)C13. The lowest BCUT2D eigenvalue weighted by Crippen LogP contribution is -2.60. The summed E-state index contributed by atoms with van der Waals surface area (Å²) in [6, 6.07) is -1.30. The zero-order chi connectivity index (χ0) is 26.7. The second-order valence-electron chi connectivity index (χ2n) is 12.7. The van der Waals surface area contributed by atoms with E-state index in [2.05, 4.69) is 34.6 Å². The number of esters is 1. The summed E-state index contributed by atoms with van der Waals surface area (Å²) < 4.78 is 3.99. The molecule has 0 bridgehead atoms. The highest BCUT2D eigenvalue weighted by Gasteiger charge is 2.74. The molecule has 0 aliphatic carbocycles. The number of carbonyl (C=O) groups excluding carboxylic acids is 3. The van der Waals surface area contributed by atoms with Crippen LogP contribution in [-0.4, -0.2) is 79.6 Å². The summed E-state index contributed by atoms with van der Waals surface area (Å²) in [6.45, 7) is 15.0. The number of carbonyl (C=O) groups is 3. The number of amides is 2. The van der Waals surface area contributed by atoms with Gasteiger partial charge in [-0.25, -0.2) is 0 Å². The lowest BCUT2D eigenvalue weighted by molar-refractivity contribution is -0.155. The predicted octanol–water partition coefficient (Wildman–Crippen LogP) is 3.56. The zero-order valence-corrected chi connectivity index (χ0v) is 23.6. The van der Waals surface area contributed by atoms with E-state index < -0.39 is 39.0 Å². The average molecular weight is 519 g/mol. The van der Waals surface area contributed by atoms with Crippen LogP contribution < -0.4 is 0 Å². The number of thioether (sulfide) groups is 1. The molecule has 8 heteroatoms. The van der Waals surface area contributed by atoms with Crippen LogP contribution in [-0.2, 0) is 19.1 Å². The van der Waals surface area contributed by atoms with Crippen LogP contribution in [0.25, 0.3) is 0 Å². The van der Waals surface area contributed by atoms with Gasteiger partial charge in [-0.1, -0.05) is 52.0 Å². The van der Waals surface area contributed by atoms with Gasteiger partial charge in [-0.3, -0.25) is 14.4 Å². The van der Waals surface area contributed by atoms with Crippen molar-refractivity contribution in [2.45, 2.75) is 94.8 Å². The van der Waals surface area contributed by atoms with Crippen molar-refractivity contribution in [3.05, 3.63) is 24.3 Å². The maximum Gasteiger partial charge on any atom is 0.311 e. The van der Waals surface area contributed by atoms with Crippen LogP contribution in [0.3, 0.4) is 0 Å². The summed E-state index contributed by atoms with van der Waals surface area (Å²) in [7, 11) is 0. The highest BCUT2D eigenvalue weighted by molar-refractivity contribution is 8.02. The Morgan fingerprint density at radius 3 is 2.42 bits per heavy atom. The first-order chi connectivity index (χ1) is 16.7. The minimum Gasteiger partial charge on any atom is -0.465 e. The Kier molecular flexibility index (Phi) is 6.95. The van der Waals surface area contributed by atoms with Gasteiger partial charge in [-0.15, -0.1) is 11.8 Å². The molecule has 2 amide bonds. The molecule has 6 atom stereocenters. The van der Waals surface area contributed by atoms with E-state index in [1.54, 1.807) is 16.7 Å². The lowest BCUT2D eigenvalue weighted by Gasteiger charge is -2.45. The summed E-state index contributed by atoms with van der Waals surface area (Å²) in [4.78, 5) is 45.7. The van der Waals surface area contributed by atoms with Crippen LogP contribution in [0, 0.1) is 17.3 Å². The van der Waals surface area contributed by atoms with E-state index in [9.17, 15) is 19.5 Å². The second-order valence-corrected chi connectivity index (χ2v) is 14.5. The molecule has 0 saturated carbocycles. The summed E-state index contributed by atoms with van der Waals surface area (Å²) >= 11 is 1.55. The van der Waals surface area contributed by atoms with Crippen LogP contribution in [0.15, 0.2) is 24.3 Å². The van der Waals surface area contributed by atoms with Crippen molar-refractivity contribution in [1.29, 1.82) is 0 Å². The van der Waals surface area contributed by atoms with Gasteiger partial charge in [0.25, 0.3) is 0 Å². The Morgan fingerprint density at radius 2 is 1.81 bits per heavy atom. The molecule has 0 aromatic carbocycles. The van der Waals surface area contributed by atoms with Crippen LogP contribution >= 0.6 is 11.8 Å². The average Bonchev–Trinajstić information content (AvgIpc) is 3.06. The Bertz CT molecular complexity index is 981. The van der Waals surface area contributed by atoms with Gasteiger partial charge in [0.1, 0.15) is 6.04 Å². The van der Waals surface area contributed by atoms with Crippen molar-refractivity contribution in [3.63, 3.8) is 0 Å². The summed E-state index contributed by atoms with van der Waals surface area (Å²) in [5.41, 5.74) is -0.454. The molecular formula is C28H42N2O5S. The molecule has 2 saturated heterocycles. The fourth-order valence-corrected chi connectivity index (χ4v) is 9.31. The molecule has 4 aliphatic heterocycles. The standard InChI is InChI=1S/C28H42N2O5S/c1-8-18(16-31)30-21-23(33)29(26(5,6)17-25(2,3)4)14-11-13-28(21)19(22(30)32)20-24(34)35-15-10-9-12-27(20,7)36-28/h9,11-13,18-21,31H,8,10,14-17H2,1-7H3/t18-,19-,20-,21?,27+,28-/m0/s1. The molecule has 4 rings (SSSR count). The first-order valence-electron chi connectivity index (χ1n) is 13.2. The molecule has 0 aromatic heterocycles. The quantitative estimate of drug-likeness (QED) is 0.442. The van der Waals surface area contributed by atoms with Crippen LogP contribution in [0.4, 0.5) is 0 Å². The molecule has 2 fully saturated rings. The van der Waals surface area contributed by atoms with Crippen molar-refractivity contribution in [2.24, 2.45) is 17.3 Å². The number of aliphatic hydroxyl groups excluding tert-OH is 1. The predicted molar refractivity (Wildman–Crippen MR) is 141 cm³/mol. The Hall–Kier alpha value is -1.80. The Balaban J connectivity index is 1.88. The first-order valence-corrected chi connectivity index (χ1v) is 14.0. The molecule has 0 aromatic rings. The fourth-order valence-electron chi connectivity index (χ4n) is 7.17. The number of rotatable bonds is 5. The maximum atomic E-state index is 14.6. The molecule has 4 heterocycles.